The van der Waals surface area contributed by atoms with Crippen LogP contribution in [0.2, 0.25) is 5.02 Å². The molecule has 10 heteroatoms. The summed E-state index contributed by atoms with van der Waals surface area (Å²) >= 11 is 6.11. The van der Waals surface area contributed by atoms with E-state index in [4.69, 9.17) is 21.1 Å². The van der Waals surface area contributed by atoms with E-state index in [1.807, 2.05) is 30.3 Å². The third-order valence-electron chi connectivity index (χ3n) is 4.21. The molecular weight excluding hydrogens is 447 g/mol. The van der Waals surface area contributed by atoms with Crippen molar-refractivity contribution in [1.29, 1.82) is 0 Å². The van der Waals surface area contributed by atoms with Crippen molar-refractivity contribution in [3.8, 4) is 28.8 Å². The Morgan fingerprint density at radius 1 is 0.812 bits per heavy atom. The summed E-state index contributed by atoms with van der Waals surface area (Å²) in [6.07, 6.45) is -2.75. The molecular formula is C22H13ClF3N3O3. The van der Waals surface area contributed by atoms with Gasteiger partial charge in [-0.15, -0.1) is 0 Å². The van der Waals surface area contributed by atoms with Crippen LogP contribution >= 0.6 is 11.6 Å². The van der Waals surface area contributed by atoms with Gasteiger partial charge in [-0.05, 0) is 48.5 Å². The molecule has 0 saturated heterocycles. The summed E-state index contributed by atoms with van der Waals surface area (Å²) in [4.78, 5) is 16.2. The third kappa shape index (κ3) is 4.73. The average molecular weight is 460 g/mol. The molecule has 2 heterocycles. The summed E-state index contributed by atoms with van der Waals surface area (Å²) < 4.78 is 50.2. The fourth-order valence-corrected chi connectivity index (χ4v) is 2.83. The van der Waals surface area contributed by atoms with Gasteiger partial charge in [-0.3, -0.25) is 4.79 Å². The largest absolute Gasteiger partial charge is 0.457 e. The highest BCUT2D eigenvalue weighted by atomic mass is 35.5. The highest BCUT2D eigenvalue weighted by Gasteiger charge is 2.30. The number of para-hydroxylation sites is 1. The first kappa shape index (κ1) is 21.4. The van der Waals surface area contributed by atoms with Crippen LogP contribution in [0, 0.1) is 0 Å². The lowest BCUT2D eigenvalue weighted by molar-refractivity contribution is -0.137. The topological polar surface area (TPSA) is 66.2 Å². The van der Waals surface area contributed by atoms with E-state index in [9.17, 15) is 18.0 Å². The number of hydrogen-bond donors (Lipinski definition) is 0. The van der Waals surface area contributed by atoms with E-state index >= 15 is 0 Å². The molecule has 0 unspecified atom stereocenters. The van der Waals surface area contributed by atoms with Gasteiger partial charge < -0.3 is 9.47 Å². The molecule has 2 aromatic heterocycles. The number of aromatic nitrogens is 3. The van der Waals surface area contributed by atoms with Crippen LogP contribution in [0.4, 0.5) is 13.2 Å². The van der Waals surface area contributed by atoms with Crippen molar-refractivity contribution in [2.24, 2.45) is 0 Å². The lowest BCUT2D eigenvalue weighted by atomic mass is 10.3. The van der Waals surface area contributed by atoms with Crippen LogP contribution in [-0.4, -0.2) is 14.8 Å². The summed E-state index contributed by atoms with van der Waals surface area (Å²) in [5.74, 6) is 1.50. The predicted octanol–water partition coefficient (Wildman–Crippen LogP) is 5.88. The average Bonchev–Trinajstić information content (AvgIpc) is 2.79. The normalized spacial score (nSPS) is 11.2. The lowest BCUT2D eigenvalue weighted by Crippen LogP contribution is -2.22. The fourth-order valence-electron chi connectivity index (χ4n) is 2.66. The summed E-state index contributed by atoms with van der Waals surface area (Å²) in [5, 5.41) is 3.60. The lowest BCUT2D eigenvalue weighted by Gasteiger charge is -2.11. The minimum atomic E-state index is -4.54. The van der Waals surface area contributed by atoms with Crippen LogP contribution in [0.1, 0.15) is 5.56 Å². The van der Waals surface area contributed by atoms with Crippen molar-refractivity contribution < 1.29 is 22.6 Å². The van der Waals surface area contributed by atoms with Crippen molar-refractivity contribution in [2.75, 3.05) is 0 Å². The third-order valence-corrected chi connectivity index (χ3v) is 4.56. The van der Waals surface area contributed by atoms with Gasteiger partial charge in [0.25, 0.3) is 5.56 Å². The molecule has 0 aliphatic heterocycles. The Balaban J connectivity index is 1.52. The zero-order valence-electron chi connectivity index (χ0n) is 16.1. The minimum absolute atomic E-state index is 0.0171. The molecule has 162 valence electrons. The van der Waals surface area contributed by atoms with E-state index in [1.54, 1.807) is 24.3 Å². The molecule has 6 nitrogen and oxygen atoms in total. The van der Waals surface area contributed by atoms with Crippen molar-refractivity contribution in [3.63, 3.8) is 0 Å². The SMILES string of the molecule is O=c1c(Cl)c(Oc2ccc(Oc3ccccc3)cc2)cnn1-c1ccc(C(F)(F)F)cn1. The van der Waals surface area contributed by atoms with Crippen molar-refractivity contribution in [3.05, 3.63) is 100 Å². The molecule has 2 aromatic carbocycles. The van der Waals surface area contributed by atoms with E-state index in [2.05, 4.69) is 10.1 Å². The highest BCUT2D eigenvalue weighted by Crippen LogP contribution is 2.30. The van der Waals surface area contributed by atoms with Crippen molar-refractivity contribution >= 4 is 11.6 Å². The smallest absolute Gasteiger partial charge is 0.417 e. The number of benzene rings is 2. The molecule has 0 N–H and O–H groups in total. The van der Waals surface area contributed by atoms with Gasteiger partial charge in [-0.25, -0.2) is 4.98 Å². The number of halogens is 4. The fraction of sp³-hybridized carbons (Fsp3) is 0.0455. The number of alkyl halides is 3. The summed E-state index contributed by atoms with van der Waals surface area (Å²) in [6, 6.07) is 17.6. The van der Waals surface area contributed by atoms with E-state index in [-0.39, 0.29) is 16.6 Å². The molecule has 0 saturated carbocycles. The number of hydrogen-bond acceptors (Lipinski definition) is 5. The minimum Gasteiger partial charge on any atom is -0.457 e. The standard InChI is InChI=1S/C22H13ClF3N3O3/c23-20-18(32-17-9-7-16(8-10-17)31-15-4-2-1-3-5-15)13-28-29(21(20)30)19-11-6-14(12-27-19)22(24,25)26/h1-13H. The molecule has 0 amide bonds. The Morgan fingerprint density at radius 2 is 1.44 bits per heavy atom. The van der Waals surface area contributed by atoms with Gasteiger partial charge in [0, 0.05) is 6.20 Å². The Kier molecular flexibility index (Phi) is 5.83. The van der Waals surface area contributed by atoms with E-state index in [1.165, 1.54) is 6.20 Å². The Morgan fingerprint density at radius 3 is 2.03 bits per heavy atom. The van der Waals surface area contributed by atoms with E-state index in [0.29, 0.717) is 23.4 Å². The van der Waals surface area contributed by atoms with Gasteiger partial charge in [0.15, 0.2) is 16.6 Å². The number of pyridine rings is 1. The van der Waals surface area contributed by atoms with Gasteiger partial charge in [0.1, 0.15) is 17.2 Å². The monoisotopic (exact) mass is 459 g/mol. The van der Waals surface area contributed by atoms with Crippen LogP contribution in [0.5, 0.6) is 23.0 Å². The number of rotatable bonds is 5. The zero-order valence-corrected chi connectivity index (χ0v) is 16.8. The van der Waals surface area contributed by atoms with Crippen LogP contribution < -0.4 is 15.0 Å². The first-order valence-electron chi connectivity index (χ1n) is 9.13. The second-order valence-corrected chi connectivity index (χ2v) is 6.81. The maximum atomic E-state index is 12.7. The maximum absolute atomic E-state index is 12.7. The second-order valence-electron chi connectivity index (χ2n) is 6.43. The number of ether oxygens (including phenoxy) is 2. The molecule has 4 rings (SSSR count). The molecule has 0 fully saturated rings. The van der Waals surface area contributed by atoms with Crippen LogP contribution in [0.25, 0.3) is 5.82 Å². The van der Waals surface area contributed by atoms with Crippen molar-refractivity contribution in [1.82, 2.24) is 14.8 Å². The van der Waals surface area contributed by atoms with Crippen LogP contribution in [-0.2, 0) is 6.18 Å². The first-order chi connectivity index (χ1) is 15.3. The molecule has 4 aromatic rings. The van der Waals surface area contributed by atoms with Gasteiger partial charge in [0.2, 0.25) is 0 Å². The van der Waals surface area contributed by atoms with Gasteiger partial charge in [0.05, 0.1) is 11.8 Å². The molecule has 0 atom stereocenters. The summed E-state index contributed by atoms with van der Waals surface area (Å²) in [6.45, 7) is 0. The second kappa shape index (κ2) is 8.72. The zero-order chi connectivity index (χ0) is 22.7. The maximum Gasteiger partial charge on any atom is 0.417 e. The van der Waals surface area contributed by atoms with Gasteiger partial charge >= 0.3 is 6.18 Å². The molecule has 0 spiro atoms. The van der Waals surface area contributed by atoms with Crippen molar-refractivity contribution in [2.45, 2.75) is 6.18 Å². The Labute approximate surface area is 184 Å². The molecule has 0 aliphatic carbocycles. The van der Waals surface area contributed by atoms with Crippen LogP contribution in [0.3, 0.4) is 0 Å². The Bertz CT molecular complexity index is 1280. The van der Waals surface area contributed by atoms with Gasteiger partial charge in [-0.1, -0.05) is 29.8 Å². The molecule has 0 radical (unpaired) electrons. The summed E-state index contributed by atoms with van der Waals surface area (Å²) in [7, 11) is 0. The van der Waals surface area contributed by atoms with Gasteiger partial charge in [-0.2, -0.15) is 23.0 Å². The number of nitrogens with zero attached hydrogens (tertiary/aromatic N) is 3. The molecule has 0 aliphatic rings. The van der Waals surface area contributed by atoms with E-state index < -0.39 is 17.3 Å². The quantitative estimate of drug-likeness (QED) is 0.372. The first-order valence-corrected chi connectivity index (χ1v) is 9.51. The molecule has 0 bridgehead atoms. The predicted molar refractivity (Wildman–Crippen MR) is 111 cm³/mol. The summed E-state index contributed by atoms with van der Waals surface area (Å²) in [5.41, 5.74) is -1.74. The highest BCUT2D eigenvalue weighted by molar-refractivity contribution is 6.31. The Hall–Kier alpha value is -3.85. The molecule has 32 heavy (non-hydrogen) atoms. The van der Waals surface area contributed by atoms with E-state index in [0.717, 1.165) is 16.8 Å². The van der Waals surface area contributed by atoms with Crippen LogP contribution in [0.15, 0.2) is 83.9 Å².